The van der Waals surface area contributed by atoms with Gasteiger partial charge in [0, 0.05) is 32.2 Å². The monoisotopic (exact) mass is 405 g/mol. The minimum Gasteiger partial charge on any atom is -0.365 e. The normalized spacial score (nSPS) is 15.8. The van der Waals surface area contributed by atoms with Gasteiger partial charge in [0.2, 0.25) is 10.0 Å². The third-order valence-corrected chi connectivity index (χ3v) is 6.81. The molecule has 0 radical (unpaired) electrons. The Balaban J connectivity index is 1.87. The molecule has 0 saturated carbocycles. The second kappa shape index (κ2) is 7.57. The van der Waals surface area contributed by atoms with Gasteiger partial charge in [0.25, 0.3) is 5.69 Å². The van der Waals surface area contributed by atoms with Crippen molar-refractivity contribution in [3.8, 4) is 6.07 Å². The van der Waals surface area contributed by atoms with Crippen LogP contribution >= 0.6 is 0 Å². The van der Waals surface area contributed by atoms with Crippen LogP contribution in [0.3, 0.4) is 0 Å². The van der Waals surface area contributed by atoms with Crippen LogP contribution in [0, 0.1) is 35.3 Å². The summed E-state index contributed by atoms with van der Waals surface area (Å²) in [5, 5.41) is 24.1. The number of benzene rings is 1. The first-order valence-electron chi connectivity index (χ1n) is 8.62. The van der Waals surface area contributed by atoms with Gasteiger partial charge in [-0.3, -0.25) is 10.1 Å². The summed E-state index contributed by atoms with van der Waals surface area (Å²) in [7, 11) is -3.77. The van der Waals surface area contributed by atoms with Crippen molar-refractivity contribution in [1.29, 1.82) is 5.26 Å². The van der Waals surface area contributed by atoms with E-state index in [0.717, 1.165) is 0 Å². The van der Waals surface area contributed by atoms with Gasteiger partial charge in [-0.1, -0.05) is 5.16 Å². The Labute approximate surface area is 162 Å². The number of nitrogens with zero attached hydrogens (tertiary/aromatic N) is 5. The first kappa shape index (κ1) is 19.8. The maximum absolute atomic E-state index is 13.0. The number of nitro groups is 1. The van der Waals surface area contributed by atoms with Crippen LogP contribution in [0.5, 0.6) is 0 Å². The van der Waals surface area contributed by atoms with E-state index in [-0.39, 0.29) is 41.5 Å². The molecule has 1 aliphatic rings. The third kappa shape index (κ3) is 3.56. The Morgan fingerprint density at radius 3 is 2.61 bits per heavy atom. The average molecular weight is 405 g/mol. The number of nitro benzene ring substituents is 1. The van der Waals surface area contributed by atoms with E-state index >= 15 is 0 Å². The van der Waals surface area contributed by atoms with Gasteiger partial charge in [0.05, 0.1) is 16.6 Å². The molecule has 1 aliphatic heterocycles. The molecular formula is C17H19N5O5S. The third-order valence-electron chi connectivity index (χ3n) is 4.66. The largest absolute Gasteiger partial charge is 0.365 e. The number of hydrogen-bond donors (Lipinski definition) is 0. The van der Waals surface area contributed by atoms with Crippen LogP contribution in [0.1, 0.15) is 23.4 Å². The minimum absolute atomic E-state index is 0.0744. The van der Waals surface area contributed by atoms with Gasteiger partial charge in [-0.25, -0.2) is 8.42 Å². The van der Waals surface area contributed by atoms with Crippen LogP contribution in [-0.2, 0) is 10.0 Å². The van der Waals surface area contributed by atoms with Crippen LogP contribution in [0.25, 0.3) is 0 Å². The van der Waals surface area contributed by atoms with Crippen molar-refractivity contribution in [1.82, 2.24) is 9.46 Å². The van der Waals surface area contributed by atoms with Crippen molar-refractivity contribution in [3.05, 3.63) is 45.3 Å². The second-order valence-corrected chi connectivity index (χ2v) is 8.35. The summed E-state index contributed by atoms with van der Waals surface area (Å²) in [6.07, 6.45) is 0.500. The highest BCUT2D eigenvalue weighted by molar-refractivity contribution is 7.89. The molecule has 0 N–H and O–H groups in total. The summed E-state index contributed by atoms with van der Waals surface area (Å²) in [6, 6.07) is 6.18. The topological polar surface area (TPSA) is 134 Å². The van der Waals surface area contributed by atoms with Gasteiger partial charge in [0.1, 0.15) is 16.3 Å². The summed E-state index contributed by atoms with van der Waals surface area (Å²) >= 11 is 0. The Morgan fingerprint density at radius 2 is 2.00 bits per heavy atom. The molecule has 1 aromatic carbocycles. The molecular weight excluding hydrogens is 386 g/mol. The summed E-state index contributed by atoms with van der Waals surface area (Å²) < 4.78 is 32.4. The number of hydrogen-bond acceptors (Lipinski definition) is 8. The predicted octanol–water partition coefficient (Wildman–Crippen LogP) is 1.97. The number of nitriles is 1. The van der Waals surface area contributed by atoms with Crippen LogP contribution in [0.2, 0.25) is 0 Å². The standard InChI is InChI=1S/C17H19N5O5S/c1-12-17(13(2)27-19-12)28(25,26)21-7-3-6-20(8-9-21)15-5-4-14(11-18)10-16(15)22(23)24/h4-5,10H,3,6-9H2,1-2H3. The van der Waals surface area contributed by atoms with Gasteiger partial charge >= 0.3 is 0 Å². The number of sulfonamides is 1. The fourth-order valence-electron chi connectivity index (χ4n) is 3.35. The van der Waals surface area contributed by atoms with E-state index in [0.29, 0.717) is 24.3 Å². The van der Waals surface area contributed by atoms with Crippen molar-refractivity contribution in [3.63, 3.8) is 0 Å². The number of aryl methyl sites for hydroxylation is 2. The molecule has 1 fully saturated rings. The van der Waals surface area contributed by atoms with Crippen molar-refractivity contribution in [2.75, 3.05) is 31.1 Å². The lowest BCUT2D eigenvalue weighted by Crippen LogP contribution is -2.35. The summed E-state index contributed by atoms with van der Waals surface area (Å²) in [6.45, 7) is 4.33. The molecule has 0 atom stereocenters. The number of rotatable bonds is 4. The number of aromatic nitrogens is 1. The van der Waals surface area contributed by atoms with Crippen molar-refractivity contribution < 1.29 is 17.9 Å². The van der Waals surface area contributed by atoms with Crippen LogP contribution in [0.4, 0.5) is 11.4 Å². The molecule has 3 rings (SSSR count). The quantitative estimate of drug-likeness (QED) is 0.557. The van der Waals surface area contributed by atoms with Gasteiger partial charge < -0.3 is 9.42 Å². The molecule has 148 valence electrons. The Bertz CT molecular complexity index is 1040. The Hall–Kier alpha value is -2.97. The molecule has 0 unspecified atom stereocenters. The fourth-order valence-corrected chi connectivity index (χ4v) is 5.11. The van der Waals surface area contributed by atoms with Crippen molar-refractivity contribution in [2.24, 2.45) is 0 Å². The molecule has 1 aromatic heterocycles. The summed E-state index contributed by atoms with van der Waals surface area (Å²) in [5.74, 6) is 0.237. The lowest BCUT2D eigenvalue weighted by Gasteiger charge is -2.23. The maximum atomic E-state index is 13.0. The maximum Gasteiger partial charge on any atom is 0.293 e. The fraction of sp³-hybridized carbons (Fsp3) is 0.412. The van der Waals surface area contributed by atoms with E-state index in [9.17, 15) is 18.5 Å². The number of anilines is 1. The molecule has 10 nitrogen and oxygen atoms in total. The van der Waals surface area contributed by atoms with Gasteiger partial charge in [0.15, 0.2) is 5.76 Å². The molecule has 1 saturated heterocycles. The first-order chi connectivity index (χ1) is 13.3. The van der Waals surface area contributed by atoms with Crippen LogP contribution < -0.4 is 4.90 Å². The van der Waals surface area contributed by atoms with Gasteiger partial charge in [-0.15, -0.1) is 0 Å². The first-order valence-corrected chi connectivity index (χ1v) is 10.1. The average Bonchev–Trinajstić information content (AvgIpc) is 2.86. The lowest BCUT2D eigenvalue weighted by atomic mass is 10.1. The SMILES string of the molecule is Cc1noc(C)c1S(=O)(=O)N1CCCN(c2ccc(C#N)cc2[N+](=O)[O-])CC1. The van der Waals surface area contributed by atoms with E-state index in [1.165, 1.54) is 22.5 Å². The second-order valence-electron chi connectivity index (χ2n) is 6.47. The highest BCUT2D eigenvalue weighted by Crippen LogP contribution is 2.31. The lowest BCUT2D eigenvalue weighted by molar-refractivity contribution is -0.384. The molecule has 2 aromatic rings. The smallest absolute Gasteiger partial charge is 0.293 e. The van der Waals surface area contributed by atoms with Crippen LogP contribution in [-0.4, -0.2) is 49.0 Å². The molecule has 0 aliphatic carbocycles. The zero-order chi connectivity index (χ0) is 20.5. The zero-order valence-electron chi connectivity index (χ0n) is 15.5. The van der Waals surface area contributed by atoms with Gasteiger partial charge in [-0.2, -0.15) is 9.57 Å². The Kier molecular flexibility index (Phi) is 5.35. The van der Waals surface area contributed by atoms with Crippen LogP contribution in [0.15, 0.2) is 27.6 Å². The highest BCUT2D eigenvalue weighted by atomic mass is 32.2. The molecule has 0 spiro atoms. The zero-order valence-corrected chi connectivity index (χ0v) is 16.3. The van der Waals surface area contributed by atoms with E-state index in [1.807, 2.05) is 6.07 Å². The van der Waals surface area contributed by atoms with E-state index in [4.69, 9.17) is 9.78 Å². The Morgan fingerprint density at radius 1 is 1.25 bits per heavy atom. The molecule has 11 heteroatoms. The van der Waals surface area contributed by atoms with E-state index in [2.05, 4.69) is 5.16 Å². The van der Waals surface area contributed by atoms with E-state index in [1.54, 1.807) is 18.7 Å². The minimum atomic E-state index is -3.77. The molecule has 28 heavy (non-hydrogen) atoms. The summed E-state index contributed by atoms with van der Waals surface area (Å²) in [4.78, 5) is 12.7. The highest BCUT2D eigenvalue weighted by Gasteiger charge is 2.33. The molecule has 2 heterocycles. The predicted molar refractivity (Wildman–Crippen MR) is 99.4 cm³/mol. The van der Waals surface area contributed by atoms with E-state index < -0.39 is 14.9 Å². The summed E-state index contributed by atoms with van der Waals surface area (Å²) in [5.41, 5.74) is 0.718. The van der Waals surface area contributed by atoms with Crippen molar-refractivity contribution >= 4 is 21.4 Å². The van der Waals surface area contributed by atoms with Crippen molar-refractivity contribution in [2.45, 2.75) is 25.2 Å². The molecule has 0 amide bonds. The van der Waals surface area contributed by atoms with Gasteiger partial charge in [-0.05, 0) is 32.4 Å². The molecule has 0 bridgehead atoms.